The van der Waals surface area contributed by atoms with Crippen LogP contribution in [0, 0.1) is 5.92 Å². The summed E-state index contributed by atoms with van der Waals surface area (Å²) < 4.78 is 0. The summed E-state index contributed by atoms with van der Waals surface area (Å²) in [7, 11) is 0. The average Bonchev–Trinajstić information content (AvgIpc) is 3.68. The van der Waals surface area contributed by atoms with Crippen molar-refractivity contribution >= 4 is 40.0 Å². The summed E-state index contributed by atoms with van der Waals surface area (Å²) in [5.74, 6) is -1.21. The Bertz CT molecular complexity index is 2340. The molecule has 6 aromatic rings. The third-order valence-electron chi connectivity index (χ3n) is 11.0. The number of nitrogens with zero attached hydrogens (tertiary/aromatic N) is 3. The third kappa shape index (κ3) is 3.24. The van der Waals surface area contributed by atoms with Gasteiger partial charge in [-0.05, 0) is 65.6 Å². The van der Waals surface area contributed by atoms with E-state index < -0.39 is 16.9 Å². The molecule has 4 unspecified atom stereocenters. The average molecular weight is 631 g/mol. The summed E-state index contributed by atoms with van der Waals surface area (Å²) in [6.07, 6.45) is 0.750. The van der Waals surface area contributed by atoms with E-state index >= 15 is 9.59 Å². The Morgan fingerprint density at radius 2 is 1.47 bits per heavy atom. The first kappa shape index (κ1) is 27.0. The lowest BCUT2D eigenvalue weighted by Gasteiger charge is -2.42. The van der Waals surface area contributed by atoms with Gasteiger partial charge in [-0.15, -0.1) is 0 Å². The van der Waals surface area contributed by atoms with Crippen molar-refractivity contribution in [3.05, 3.63) is 160 Å². The van der Waals surface area contributed by atoms with Gasteiger partial charge in [-0.3, -0.25) is 14.5 Å². The summed E-state index contributed by atoms with van der Waals surface area (Å²) in [6, 6.07) is 39.2. The number of hydrogen-bond acceptors (Lipinski definition) is 5. The Hall–Kier alpha value is -5.17. The molecule has 2 spiro atoms. The number of ketones is 1. The van der Waals surface area contributed by atoms with Gasteiger partial charge in [-0.2, -0.15) is 0 Å². The number of nitrogens with one attached hydrogen (secondary N) is 1. The number of amides is 1. The van der Waals surface area contributed by atoms with Crippen LogP contribution in [0.15, 0.2) is 121 Å². The monoisotopic (exact) mass is 630 g/mol. The number of aromatic nitrogens is 2. The number of anilines is 1. The maximum atomic E-state index is 15.7. The Morgan fingerprint density at radius 1 is 0.787 bits per heavy atom. The van der Waals surface area contributed by atoms with Gasteiger partial charge in [0.05, 0.1) is 39.8 Å². The lowest BCUT2D eigenvalue weighted by molar-refractivity contribution is -0.128. The standard InChI is InChI=1S/C40H27ClN4O2/c41-25-19-17-24(18-20-25)34(46)35-39(28-12-4-3-11-27(28)33-36(39)43-32-16-8-7-15-31(32)42-33)37-26-10-2-1-9-23(26)21-22-45(37)40(35)29-13-5-6-14-30(29)44-38(40)47/h1-20,35,37H,21-22H2,(H,44,47). The highest BCUT2D eigenvalue weighted by atomic mass is 35.5. The number of rotatable bonds is 2. The van der Waals surface area contributed by atoms with Crippen molar-refractivity contribution in [3.63, 3.8) is 0 Å². The second kappa shape index (κ2) is 9.44. The number of halogens is 1. The van der Waals surface area contributed by atoms with Crippen LogP contribution < -0.4 is 5.32 Å². The van der Waals surface area contributed by atoms with Crippen molar-refractivity contribution < 1.29 is 9.59 Å². The molecule has 1 fully saturated rings. The molecule has 1 aromatic heterocycles. The van der Waals surface area contributed by atoms with E-state index in [1.165, 1.54) is 5.56 Å². The topological polar surface area (TPSA) is 75.2 Å². The van der Waals surface area contributed by atoms with E-state index in [1.54, 1.807) is 24.3 Å². The van der Waals surface area contributed by atoms with Crippen LogP contribution in [-0.2, 0) is 22.2 Å². The van der Waals surface area contributed by atoms with Gasteiger partial charge in [-0.1, -0.05) is 90.5 Å². The zero-order valence-corrected chi connectivity index (χ0v) is 25.9. The minimum absolute atomic E-state index is 0.127. The zero-order chi connectivity index (χ0) is 31.5. The van der Waals surface area contributed by atoms with Gasteiger partial charge in [0.25, 0.3) is 0 Å². The SMILES string of the molecule is O=C(c1ccc(Cl)cc1)C1C2(c3ccccc3-c3nc4ccccc4nc32)C2c3ccccc3CCN2C12C(=O)Nc1ccccc12. The molecular weight excluding hydrogens is 604 g/mol. The molecule has 0 radical (unpaired) electrons. The zero-order valence-electron chi connectivity index (χ0n) is 25.2. The Kier molecular flexibility index (Phi) is 5.42. The molecule has 1 aliphatic carbocycles. The van der Waals surface area contributed by atoms with Crippen molar-refractivity contribution in [1.29, 1.82) is 0 Å². The van der Waals surface area contributed by atoms with Crippen LogP contribution in [0.3, 0.4) is 0 Å². The summed E-state index contributed by atoms with van der Waals surface area (Å²) in [5, 5.41) is 3.77. The smallest absolute Gasteiger partial charge is 0.250 e. The number of benzene rings is 5. The minimum atomic E-state index is -1.33. The third-order valence-corrected chi connectivity index (χ3v) is 11.2. The van der Waals surface area contributed by atoms with Gasteiger partial charge < -0.3 is 5.32 Å². The van der Waals surface area contributed by atoms with Gasteiger partial charge in [0, 0.05) is 33.9 Å². The number of carbonyl (C=O) groups excluding carboxylic acids is 2. The van der Waals surface area contributed by atoms with Crippen LogP contribution in [-0.4, -0.2) is 33.1 Å². The van der Waals surface area contributed by atoms with Crippen LogP contribution in [0.5, 0.6) is 0 Å². The normalized spacial score (nSPS) is 24.9. The van der Waals surface area contributed by atoms with E-state index in [-0.39, 0.29) is 17.7 Å². The molecule has 1 saturated heterocycles. The van der Waals surface area contributed by atoms with E-state index in [1.807, 2.05) is 60.7 Å². The first-order valence-corrected chi connectivity index (χ1v) is 16.3. The van der Waals surface area contributed by atoms with Crippen molar-refractivity contribution in [1.82, 2.24) is 14.9 Å². The van der Waals surface area contributed by atoms with Crippen LogP contribution in [0.1, 0.15) is 44.3 Å². The largest absolute Gasteiger partial charge is 0.324 e. The Balaban J connectivity index is 1.41. The molecule has 3 aliphatic heterocycles. The van der Waals surface area contributed by atoms with Gasteiger partial charge in [0.15, 0.2) is 5.78 Å². The summed E-state index contributed by atoms with van der Waals surface area (Å²) in [5.41, 5.74) is 6.95. The molecular formula is C40H27ClN4O2. The lowest BCUT2D eigenvalue weighted by Crippen LogP contribution is -2.55. The molecule has 4 aliphatic rings. The predicted octanol–water partition coefficient (Wildman–Crippen LogP) is 7.51. The maximum Gasteiger partial charge on any atom is 0.250 e. The van der Waals surface area contributed by atoms with E-state index in [9.17, 15) is 0 Å². The molecule has 47 heavy (non-hydrogen) atoms. The molecule has 7 heteroatoms. The van der Waals surface area contributed by atoms with Crippen LogP contribution in [0.25, 0.3) is 22.3 Å². The first-order valence-electron chi connectivity index (χ1n) is 16.0. The summed E-state index contributed by atoms with van der Waals surface area (Å²) in [6.45, 7) is 0.591. The molecule has 5 aromatic carbocycles. The summed E-state index contributed by atoms with van der Waals surface area (Å²) >= 11 is 6.35. The number of carbonyl (C=O) groups is 2. The van der Waals surface area contributed by atoms with Gasteiger partial charge in [0.2, 0.25) is 5.91 Å². The molecule has 0 bridgehead atoms. The number of hydrogen-bond donors (Lipinski definition) is 1. The highest BCUT2D eigenvalue weighted by Gasteiger charge is 2.77. The van der Waals surface area contributed by atoms with E-state index in [2.05, 4.69) is 46.6 Å². The van der Waals surface area contributed by atoms with Gasteiger partial charge in [0.1, 0.15) is 5.54 Å². The number of Topliss-reactive ketones (excluding diaryl/α,β-unsaturated/α-hetero) is 1. The van der Waals surface area contributed by atoms with Gasteiger partial charge >= 0.3 is 0 Å². The van der Waals surface area contributed by atoms with Crippen LogP contribution in [0.2, 0.25) is 5.02 Å². The molecule has 1 amide bonds. The van der Waals surface area contributed by atoms with E-state index in [0.29, 0.717) is 17.1 Å². The minimum Gasteiger partial charge on any atom is -0.324 e. The highest BCUT2D eigenvalue weighted by Crippen LogP contribution is 2.72. The second-order valence-electron chi connectivity index (χ2n) is 12.9. The van der Waals surface area contributed by atoms with Crippen LogP contribution in [0.4, 0.5) is 5.69 Å². The van der Waals surface area contributed by atoms with Crippen LogP contribution >= 0.6 is 11.6 Å². The molecule has 1 N–H and O–H groups in total. The Labute approximate surface area is 276 Å². The fraction of sp³-hybridized carbons (Fsp3) is 0.150. The molecule has 4 atom stereocenters. The van der Waals surface area contributed by atoms with Crippen molar-refractivity contribution in [3.8, 4) is 11.3 Å². The predicted molar refractivity (Wildman–Crippen MR) is 181 cm³/mol. The van der Waals surface area contributed by atoms with Crippen molar-refractivity contribution in [2.45, 2.75) is 23.4 Å². The lowest BCUT2D eigenvalue weighted by atomic mass is 9.59. The molecule has 226 valence electrons. The number of fused-ring (bicyclic) bond motifs is 13. The summed E-state index contributed by atoms with van der Waals surface area (Å²) in [4.78, 5) is 43.8. The fourth-order valence-corrected chi connectivity index (χ4v) is 9.45. The molecule has 6 nitrogen and oxygen atoms in total. The molecule has 0 saturated carbocycles. The van der Waals surface area contributed by atoms with Gasteiger partial charge in [-0.25, -0.2) is 9.97 Å². The van der Waals surface area contributed by atoms with E-state index in [4.69, 9.17) is 21.6 Å². The first-order chi connectivity index (χ1) is 23.0. The molecule has 4 heterocycles. The highest BCUT2D eigenvalue weighted by molar-refractivity contribution is 6.30. The molecule has 10 rings (SSSR count). The Morgan fingerprint density at radius 3 is 2.30 bits per heavy atom. The van der Waals surface area contributed by atoms with Crippen molar-refractivity contribution in [2.24, 2.45) is 5.92 Å². The van der Waals surface area contributed by atoms with E-state index in [0.717, 1.165) is 56.8 Å². The maximum absolute atomic E-state index is 15.7. The quantitative estimate of drug-likeness (QED) is 0.201. The van der Waals surface area contributed by atoms with Crippen molar-refractivity contribution in [2.75, 3.05) is 11.9 Å². The second-order valence-corrected chi connectivity index (χ2v) is 13.4. The number of para-hydroxylation sites is 3. The fourth-order valence-electron chi connectivity index (χ4n) is 9.33.